The van der Waals surface area contributed by atoms with Crippen LogP contribution in [0.4, 0.5) is 0 Å². The van der Waals surface area contributed by atoms with Gasteiger partial charge in [0.2, 0.25) is 0 Å². The maximum absolute atomic E-state index is 10.8. The maximum Gasteiger partial charge on any atom is 0.323 e. The second-order valence-corrected chi connectivity index (χ2v) is 4.83. The first kappa shape index (κ1) is 14.1. The first-order valence-electron chi connectivity index (χ1n) is 6.33. The van der Waals surface area contributed by atoms with Crippen LogP contribution in [0.1, 0.15) is 17.0 Å². The van der Waals surface area contributed by atoms with Crippen molar-refractivity contribution >= 4 is 5.97 Å². The number of methoxy groups -OCH3 is 1. The number of aliphatic carboxylic acids is 1. The second kappa shape index (κ2) is 5.36. The van der Waals surface area contributed by atoms with E-state index in [1.165, 1.54) is 0 Å². The van der Waals surface area contributed by atoms with Crippen LogP contribution in [0.25, 0.3) is 11.3 Å². The summed E-state index contributed by atoms with van der Waals surface area (Å²) >= 11 is 0. The van der Waals surface area contributed by atoms with E-state index in [2.05, 4.69) is 4.98 Å². The zero-order valence-electron chi connectivity index (χ0n) is 12.1. The molecule has 0 atom stereocenters. The predicted molar refractivity (Wildman–Crippen MR) is 76.1 cm³/mol. The van der Waals surface area contributed by atoms with Gasteiger partial charge < -0.3 is 14.4 Å². The number of benzene rings is 1. The molecule has 0 aliphatic rings. The highest BCUT2D eigenvalue weighted by atomic mass is 16.5. The predicted octanol–water partition coefficient (Wildman–Crippen LogP) is 2.57. The molecule has 1 N–H and O–H groups in total. The number of imidazole rings is 1. The average Bonchev–Trinajstić information content (AvgIpc) is 2.73. The molecule has 2 rings (SSSR count). The van der Waals surface area contributed by atoms with E-state index in [9.17, 15) is 4.79 Å². The van der Waals surface area contributed by atoms with Crippen molar-refractivity contribution in [3.8, 4) is 17.0 Å². The minimum Gasteiger partial charge on any atom is -0.496 e. The second-order valence-electron chi connectivity index (χ2n) is 4.83. The molecule has 5 nitrogen and oxygen atoms in total. The van der Waals surface area contributed by atoms with E-state index < -0.39 is 5.97 Å². The lowest BCUT2D eigenvalue weighted by Crippen LogP contribution is -2.08. The van der Waals surface area contributed by atoms with Gasteiger partial charge in [0.1, 0.15) is 18.1 Å². The normalized spacial score (nSPS) is 10.6. The molecule has 5 heteroatoms. The molecule has 0 saturated carbocycles. The molecule has 20 heavy (non-hydrogen) atoms. The Kier molecular flexibility index (Phi) is 3.79. The highest BCUT2D eigenvalue weighted by Crippen LogP contribution is 2.32. The Morgan fingerprint density at radius 3 is 2.55 bits per heavy atom. The lowest BCUT2D eigenvalue weighted by molar-refractivity contribution is -0.137. The quantitative estimate of drug-likeness (QED) is 0.930. The molecule has 1 heterocycles. The van der Waals surface area contributed by atoms with Gasteiger partial charge in [0.25, 0.3) is 0 Å². The third kappa shape index (κ3) is 2.66. The Hall–Kier alpha value is -2.30. The zero-order chi connectivity index (χ0) is 14.9. The van der Waals surface area contributed by atoms with E-state index >= 15 is 0 Å². The number of nitrogens with zero attached hydrogens (tertiary/aromatic N) is 2. The van der Waals surface area contributed by atoms with Gasteiger partial charge in [-0.3, -0.25) is 4.79 Å². The zero-order valence-corrected chi connectivity index (χ0v) is 12.1. The number of carboxylic acid groups (broad SMARTS) is 1. The van der Waals surface area contributed by atoms with Crippen molar-refractivity contribution in [3.05, 3.63) is 35.3 Å². The third-order valence-electron chi connectivity index (χ3n) is 3.37. The summed E-state index contributed by atoms with van der Waals surface area (Å²) in [6.07, 6.45) is 1.75. The molecule has 0 aliphatic carbocycles. The number of aromatic nitrogens is 2. The summed E-state index contributed by atoms with van der Waals surface area (Å²) in [5, 5.41) is 8.88. The summed E-state index contributed by atoms with van der Waals surface area (Å²) in [5.41, 5.74) is 3.89. The summed E-state index contributed by atoms with van der Waals surface area (Å²) in [6, 6.07) is 3.98. The Morgan fingerprint density at radius 2 is 1.95 bits per heavy atom. The summed E-state index contributed by atoms with van der Waals surface area (Å²) in [4.78, 5) is 15.2. The van der Waals surface area contributed by atoms with Crippen LogP contribution in [-0.2, 0) is 11.3 Å². The van der Waals surface area contributed by atoms with Crippen molar-refractivity contribution in [1.29, 1.82) is 0 Å². The van der Waals surface area contributed by atoms with Crippen molar-refractivity contribution < 1.29 is 14.6 Å². The highest BCUT2D eigenvalue weighted by Gasteiger charge is 2.14. The molecule has 0 amide bonds. The van der Waals surface area contributed by atoms with Gasteiger partial charge in [-0.2, -0.15) is 0 Å². The number of carbonyl (C=O) groups is 1. The van der Waals surface area contributed by atoms with Crippen molar-refractivity contribution in [2.45, 2.75) is 27.3 Å². The first-order valence-corrected chi connectivity index (χ1v) is 6.33. The van der Waals surface area contributed by atoms with Gasteiger partial charge in [-0.1, -0.05) is 0 Å². The molecule has 0 bridgehead atoms. The van der Waals surface area contributed by atoms with Crippen molar-refractivity contribution in [2.75, 3.05) is 7.11 Å². The van der Waals surface area contributed by atoms with Crippen LogP contribution in [-0.4, -0.2) is 27.7 Å². The molecular formula is C15H18N2O3. The van der Waals surface area contributed by atoms with E-state index in [-0.39, 0.29) is 6.54 Å². The van der Waals surface area contributed by atoms with E-state index in [1.54, 1.807) is 24.8 Å². The Bertz CT molecular complexity index is 659. The minimum absolute atomic E-state index is 0.0913. The molecule has 0 radical (unpaired) electrons. The molecule has 0 aliphatic heterocycles. The fraction of sp³-hybridized carbons (Fsp3) is 0.333. The molecule has 106 valence electrons. The SMILES string of the molecule is COc1cc(C)c(C)cc1-c1cn(CC(=O)O)c(C)n1. The van der Waals surface area contributed by atoms with Gasteiger partial charge in [-0.25, -0.2) is 4.98 Å². The molecule has 0 fully saturated rings. The molecule has 0 unspecified atom stereocenters. The monoisotopic (exact) mass is 274 g/mol. The largest absolute Gasteiger partial charge is 0.496 e. The van der Waals surface area contributed by atoms with Gasteiger partial charge in [0, 0.05) is 11.8 Å². The lowest BCUT2D eigenvalue weighted by atomic mass is 10.0. The topological polar surface area (TPSA) is 64.3 Å². The molecule has 1 aromatic heterocycles. The smallest absolute Gasteiger partial charge is 0.323 e. The van der Waals surface area contributed by atoms with Crippen molar-refractivity contribution in [2.24, 2.45) is 0 Å². The molecule has 1 aromatic carbocycles. The van der Waals surface area contributed by atoms with Crippen LogP contribution in [0.15, 0.2) is 18.3 Å². The van der Waals surface area contributed by atoms with Crippen molar-refractivity contribution in [1.82, 2.24) is 9.55 Å². The number of carboxylic acids is 1. The average molecular weight is 274 g/mol. The lowest BCUT2D eigenvalue weighted by Gasteiger charge is -2.09. The molecule has 2 aromatic rings. The number of aryl methyl sites for hydroxylation is 3. The van der Waals surface area contributed by atoms with Crippen LogP contribution in [0, 0.1) is 20.8 Å². The Labute approximate surface area is 117 Å². The summed E-state index contributed by atoms with van der Waals surface area (Å²) in [7, 11) is 1.62. The number of hydrogen-bond acceptors (Lipinski definition) is 3. The first-order chi connectivity index (χ1) is 9.42. The van der Waals surface area contributed by atoms with Gasteiger partial charge in [0.15, 0.2) is 0 Å². The Morgan fingerprint density at radius 1 is 1.30 bits per heavy atom. The van der Waals surface area contributed by atoms with E-state index in [0.29, 0.717) is 5.82 Å². The van der Waals surface area contributed by atoms with E-state index in [1.807, 2.05) is 26.0 Å². The van der Waals surface area contributed by atoms with Crippen LogP contribution in [0.2, 0.25) is 0 Å². The van der Waals surface area contributed by atoms with Crippen LogP contribution >= 0.6 is 0 Å². The fourth-order valence-corrected chi connectivity index (χ4v) is 2.10. The van der Waals surface area contributed by atoms with Gasteiger partial charge in [-0.05, 0) is 44.0 Å². The minimum atomic E-state index is -0.885. The summed E-state index contributed by atoms with van der Waals surface area (Å²) < 4.78 is 7.02. The van der Waals surface area contributed by atoms with Crippen LogP contribution < -0.4 is 4.74 Å². The van der Waals surface area contributed by atoms with E-state index in [0.717, 1.165) is 28.1 Å². The molecule has 0 spiro atoms. The maximum atomic E-state index is 10.8. The highest BCUT2D eigenvalue weighted by molar-refractivity contribution is 5.70. The number of ether oxygens (including phenoxy) is 1. The number of hydrogen-bond donors (Lipinski definition) is 1. The van der Waals surface area contributed by atoms with Gasteiger partial charge in [-0.15, -0.1) is 0 Å². The summed E-state index contributed by atoms with van der Waals surface area (Å²) in [6.45, 7) is 5.75. The van der Waals surface area contributed by atoms with Gasteiger partial charge in [0.05, 0.1) is 12.8 Å². The van der Waals surface area contributed by atoms with Gasteiger partial charge >= 0.3 is 5.97 Å². The number of rotatable bonds is 4. The van der Waals surface area contributed by atoms with Crippen molar-refractivity contribution in [3.63, 3.8) is 0 Å². The molecular weight excluding hydrogens is 256 g/mol. The summed E-state index contributed by atoms with van der Waals surface area (Å²) in [5.74, 6) is 0.528. The third-order valence-corrected chi connectivity index (χ3v) is 3.37. The fourth-order valence-electron chi connectivity index (χ4n) is 2.10. The van der Waals surface area contributed by atoms with Crippen LogP contribution in [0.5, 0.6) is 5.75 Å². The molecule has 0 saturated heterocycles. The van der Waals surface area contributed by atoms with E-state index in [4.69, 9.17) is 9.84 Å². The Balaban J connectivity index is 2.51. The van der Waals surface area contributed by atoms with Crippen LogP contribution in [0.3, 0.4) is 0 Å². The standard InChI is InChI=1S/C15H18N2O3/c1-9-5-12(14(20-4)6-10(9)2)13-7-17(8-15(18)19)11(3)16-13/h5-7H,8H2,1-4H3,(H,18,19).